The molecule has 27 heavy (non-hydrogen) atoms. The first-order valence-electron chi connectivity index (χ1n) is 7.82. The van der Waals surface area contributed by atoms with E-state index in [9.17, 15) is 13.2 Å². The van der Waals surface area contributed by atoms with Crippen molar-refractivity contribution in [3.8, 4) is 17.6 Å². The van der Waals surface area contributed by atoms with Crippen LogP contribution in [-0.4, -0.2) is 39.4 Å². The normalized spacial score (nSPS) is 11.1. The van der Waals surface area contributed by atoms with Crippen LogP contribution in [0.2, 0.25) is 5.02 Å². The zero-order valence-corrected chi connectivity index (χ0v) is 16.5. The minimum absolute atomic E-state index is 0.0285. The van der Waals surface area contributed by atoms with Crippen LogP contribution in [0.3, 0.4) is 0 Å². The summed E-state index contributed by atoms with van der Waals surface area (Å²) in [5.41, 5.74) is 0.281. The number of benzene rings is 2. The third kappa shape index (κ3) is 4.57. The molecular formula is C18H17ClN2O5S. The fourth-order valence-electron chi connectivity index (χ4n) is 2.14. The summed E-state index contributed by atoms with van der Waals surface area (Å²) in [6.07, 6.45) is 0. The molecule has 0 radical (unpaired) electrons. The Morgan fingerprint density at radius 2 is 1.96 bits per heavy atom. The number of carbonyl (C=O) groups excluding carboxylic acids is 1. The van der Waals surface area contributed by atoms with Gasteiger partial charge in [0.2, 0.25) is 10.0 Å². The largest absolute Gasteiger partial charge is 0.490 e. The van der Waals surface area contributed by atoms with Crippen molar-refractivity contribution in [2.24, 2.45) is 0 Å². The van der Waals surface area contributed by atoms with Gasteiger partial charge in [0.05, 0.1) is 33.7 Å². The van der Waals surface area contributed by atoms with Crippen LogP contribution in [0.4, 0.5) is 0 Å². The fourth-order valence-corrected chi connectivity index (χ4v) is 3.34. The van der Waals surface area contributed by atoms with Crippen molar-refractivity contribution in [2.75, 3.05) is 20.7 Å². The molecule has 0 atom stereocenters. The van der Waals surface area contributed by atoms with E-state index < -0.39 is 16.0 Å². The highest BCUT2D eigenvalue weighted by molar-refractivity contribution is 7.89. The van der Waals surface area contributed by atoms with Crippen molar-refractivity contribution >= 4 is 27.6 Å². The monoisotopic (exact) mass is 408 g/mol. The van der Waals surface area contributed by atoms with Gasteiger partial charge in [0.1, 0.15) is 0 Å². The lowest BCUT2D eigenvalue weighted by molar-refractivity contribution is 0.0728. The molecule has 7 nitrogen and oxygen atoms in total. The number of sulfonamides is 1. The van der Waals surface area contributed by atoms with E-state index in [0.29, 0.717) is 0 Å². The summed E-state index contributed by atoms with van der Waals surface area (Å²) in [5, 5.41) is 9.05. The first kappa shape index (κ1) is 20.7. The van der Waals surface area contributed by atoms with Crippen molar-refractivity contribution in [2.45, 2.75) is 11.8 Å². The zero-order valence-electron chi connectivity index (χ0n) is 14.9. The van der Waals surface area contributed by atoms with Crippen molar-refractivity contribution in [1.82, 2.24) is 4.31 Å². The summed E-state index contributed by atoms with van der Waals surface area (Å²) in [6, 6.07) is 10.2. The van der Waals surface area contributed by atoms with Gasteiger partial charge in [-0.3, -0.25) is 0 Å². The Balaban J connectivity index is 2.40. The number of rotatable bonds is 6. The van der Waals surface area contributed by atoms with E-state index in [4.69, 9.17) is 26.3 Å². The Bertz CT molecular complexity index is 1010. The number of halogens is 1. The molecule has 2 rings (SSSR count). The van der Waals surface area contributed by atoms with Gasteiger partial charge in [0, 0.05) is 20.2 Å². The zero-order chi connectivity index (χ0) is 20.2. The molecule has 0 aliphatic heterocycles. The van der Waals surface area contributed by atoms with Gasteiger partial charge in [0.25, 0.3) is 0 Å². The lowest BCUT2D eigenvalue weighted by atomic mass is 10.2. The summed E-state index contributed by atoms with van der Waals surface area (Å²) in [5.74, 6) is -0.700. The van der Waals surface area contributed by atoms with Crippen LogP contribution >= 0.6 is 11.6 Å². The minimum Gasteiger partial charge on any atom is -0.490 e. The summed E-state index contributed by atoms with van der Waals surface area (Å²) in [4.78, 5) is 12.5. The Morgan fingerprint density at radius 3 is 2.56 bits per heavy atom. The van der Waals surface area contributed by atoms with E-state index >= 15 is 0 Å². The van der Waals surface area contributed by atoms with E-state index in [1.807, 2.05) is 6.07 Å². The van der Waals surface area contributed by atoms with Gasteiger partial charge in [-0.05, 0) is 31.2 Å². The second-order valence-corrected chi connectivity index (χ2v) is 8.09. The highest BCUT2D eigenvalue weighted by atomic mass is 35.5. The van der Waals surface area contributed by atoms with E-state index in [1.54, 1.807) is 6.92 Å². The molecule has 0 N–H and O–H groups in total. The highest BCUT2D eigenvalue weighted by Gasteiger charge is 2.21. The molecule has 142 valence electrons. The topological polar surface area (TPSA) is 96.7 Å². The Kier molecular flexibility index (Phi) is 6.44. The number of hydrogen-bond acceptors (Lipinski definition) is 6. The van der Waals surface area contributed by atoms with Gasteiger partial charge in [-0.1, -0.05) is 17.7 Å². The van der Waals surface area contributed by atoms with E-state index in [0.717, 1.165) is 4.31 Å². The van der Waals surface area contributed by atoms with Crippen LogP contribution in [0.15, 0.2) is 41.3 Å². The molecule has 0 aliphatic rings. The summed E-state index contributed by atoms with van der Waals surface area (Å²) in [7, 11) is -0.913. The van der Waals surface area contributed by atoms with E-state index in [1.165, 1.54) is 50.5 Å². The first-order valence-corrected chi connectivity index (χ1v) is 9.63. The molecule has 0 unspecified atom stereocenters. The van der Waals surface area contributed by atoms with Crippen molar-refractivity contribution in [3.05, 3.63) is 52.5 Å². The molecule has 0 saturated carbocycles. The molecule has 0 saturated heterocycles. The predicted molar refractivity (Wildman–Crippen MR) is 99.6 cm³/mol. The Morgan fingerprint density at radius 1 is 1.26 bits per heavy atom. The molecule has 9 heteroatoms. The number of carbonyl (C=O) groups is 1. The van der Waals surface area contributed by atoms with Gasteiger partial charge in [-0.15, -0.1) is 0 Å². The number of nitriles is 1. The molecule has 2 aromatic carbocycles. The predicted octanol–water partition coefficient (Wildman–Crippen LogP) is 3.08. The molecule has 0 aliphatic carbocycles. The van der Waals surface area contributed by atoms with Gasteiger partial charge in [-0.25, -0.2) is 17.5 Å². The maximum Gasteiger partial charge on any atom is 0.343 e. The lowest BCUT2D eigenvalue weighted by Crippen LogP contribution is -2.22. The van der Waals surface area contributed by atoms with Crippen LogP contribution in [-0.2, 0) is 10.0 Å². The molecule has 0 fully saturated rings. The number of esters is 1. The highest BCUT2D eigenvalue weighted by Crippen LogP contribution is 2.37. The third-order valence-electron chi connectivity index (χ3n) is 3.48. The van der Waals surface area contributed by atoms with Crippen LogP contribution in [0.5, 0.6) is 11.5 Å². The second-order valence-electron chi connectivity index (χ2n) is 5.53. The quantitative estimate of drug-likeness (QED) is 0.538. The molecule has 0 bridgehead atoms. The van der Waals surface area contributed by atoms with Gasteiger partial charge in [0.15, 0.2) is 11.5 Å². The second kappa shape index (κ2) is 8.39. The maximum atomic E-state index is 12.5. The SMILES string of the molecule is CCOc1cc(C#N)cc(Cl)c1OC(=O)c1cccc(S(=O)(=O)N(C)C)c1. The standard InChI is InChI=1S/C18H17ClN2O5S/c1-4-25-16-9-12(11-20)8-15(19)17(16)26-18(22)13-6-5-7-14(10-13)27(23,24)21(2)3/h5-10H,4H2,1-3H3. The van der Waals surface area contributed by atoms with Crippen LogP contribution < -0.4 is 9.47 Å². The first-order chi connectivity index (χ1) is 12.7. The molecule has 0 amide bonds. The molecular weight excluding hydrogens is 392 g/mol. The van der Waals surface area contributed by atoms with Gasteiger partial charge in [-0.2, -0.15) is 5.26 Å². The van der Waals surface area contributed by atoms with Crippen molar-refractivity contribution in [3.63, 3.8) is 0 Å². The van der Waals surface area contributed by atoms with Gasteiger partial charge < -0.3 is 9.47 Å². The Hall–Kier alpha value is -2.60. The summed E-state index contributed by atoms with van der Waals surface area (Å²) in [6.45, 7) is 2.00. The van der Waals surface area contributed by atoms with E-state index in [-0.39, 0.29) is 39.2 Å². The Labute approximate surface area is 162 Å². The van der Waals surface area contributed by atoms with Crippen LogP contribution in [0, 0.1) is 11.3 Å². The van der Waals surface area contributed by atoms with Crippen molar-refractivity contribution in [1.29, 1.82) is 5.26 Å². The molecule has 0 heterocycles. The average molecular weight is 409 g/mol. The smallest absolute Gasteiger partial charge is 0.343 e. The number of hydrogen-bond donors (Lipinski definition) is 0. The molecule has 2 aromatic rings. The fraction of sp³-hybridized carbons (Fsp3) is 0.222. The lowest BCUT2D eigenvalue weighted by Gasteiger charge is -2.14. The van der Waals surface area contributed by atoms with Crippen LogP contribution in [0.25, 0.3) is 0 Å². The van der Waals surface area contributed by atoms with Crippen LogP contribution in [0.1, 0.15) is 22.8 Å². The molecule has 0 spiro atoms. The van der Waals surface area contributed by atoms with Crippen molar-refractivity contribution < 1.29 is 22.7 Å². The third-order valence-corrected chi connectivity index (χ3v) is 5.57. The number of ether oxygens (including phenoxy) is 2. The van der Waals surface area contributed by atoms with Gasteiger partial charge >= 0.3 is 5.97 Å². The summed E-state index contributed by atoms with van der Waals surface area (Å²) >= 11 is 6.12. The summed E-state index contributed by atoms with van der Waals surface area (Å²) < 4.78 is 36.2. The minimum atomic E-state index is -3.70. The maximum absolute atomic E-state index is 12.5. The number of nitrogens with zero attached hydrogens (tertiary/aromatic N) is 2. The molecule has 0 aromatic heterocycles. The average Bonchev–Trinajstić information content (AvgIpc) is 2.64. The van der Waals surface area contributed by atoms with E-state index in [2.05, 4.69) is 0 Å².